The summed E-state index contributed by atoms with van der Waals surface area (Å²) in [5, 5.41) is 2.03. The van der Waals surface area contributed by atoms with Gasteiger partial charge in [-0.2, -0.15) is 0 Å². The molecule has 1 aromatic carbocycles. The fourth-order valence-electron chi connectivity index (χ4n) is 1.82. The first-order valence-corrected chi connectivity index (χ1v) is 7.07. The average molecular weight is 274 g/mol. The third-order valence-electron chi connectivity index (χ3n) is 2.97. The van der Waals surface area contributed by atoms with Crippen molar-refractivity contribution in [3.8, 4) is 0 Å². The van der Waals surface area contributed by atoms with Crippen LogP contribution in [0.15, 0.2) is 47.8 Å². The van der Waals surface area contributed by atoms with Gasteiger partial charge in [0, 0.05) is 24.7 Å². The molecule has 2 rings (SSSR count). The topological polar surface area (TPSA) is 23.6 Å². The fraction of sp³-hybridized carbons (Fsp3) is 0.267. The highest BCUT2D eigenvalue weighted by molar-refractivity contribution is 7.09. The van der Waals surface area contributed by atoms with Crippen LogP contribution in [0.2, 0.25) is 0 Å². The van der Waals surface area contributed by atoms with Crippen LogP contribution in [0.4, 0.5) is 5.69 Å². The molecule has 3 nitrogen and oxygen atoms in total. The Labute approximate surface area is 118 Å². The van der Waals surface area contributed by atoms with Crippen molar-refractivity contribution < 1.29 is 4.79 Å². The Morgan fingerprint density at radius 3 is 2.47 bits per heavy atom. The summed E-state index contributed by atoms with van der Waals surface area (Å²) in [6.07, 6.45) is 0. The zero-order valence-corrected chi connectivity index (χ0v) is 12.1. The van der Waals surface area contributed by atoms with Crippen molar-refractivity contribution in [2.24, 2.45) is 0 Å². The van der Waals surface area contributed by atoms with E-state index < -0.39 is 0 Å². The van der Waals surface area contributed by atoms with Gasteiger partial charge in [-0.1, -0.05) is 24.3 Å². The molecule has 0 saturated carbocycles. The van der Waals surface area contributed by atoms with Crippen molar-refractivity contribution >= 4 is 22.9 Å². The van der Waals surface area contributed by atoms with Crippen molar-refractivity contribution in [3.05, 3.63) is 52.7 Å². The molecule has 100 valence electrons. The van der Waals surface area contributed by atoms with E-state index >= 15 is 0 Å². The Hall–Kier alpha value is -1.81. The lowest BCUT2D eigenvalue weighted by Crippen LogP contribution is -2.36. The monoisotopic (exact) mass is 274 g/mol. The highest BCUT2D eigenvalue weighted by Gasteiger charge is 2.12. The van der Waals surface area contributed by atoms with Gasteiger partial charge < -0.3 is 9.80 Å². The first-order chi connectivity index (χ1) is 9.16. The molecular formula is C15H18N2OS. The van der Waals surface area contributed by atoms with Gasteiger partial charge in [-0.25, -0.2) is 0 Å². The van der Waals surface area contributed by atoms with Gasteiger partial charge >= 0.3 is 0 Å². The van der Waals surface area contributed by atoms with E-state index in [4.69, 9.17) is 0 Å². The molecule has 0 aliphatic carbocycles. The molecule has 0 spiro atoms. The van der Waals surface area contributed by atoms with Gasteiger partial charge in [0.15, 0.2) is 0 Å². The molecule has 1 heterocycles. The lowest BCUT2D eigenvalue weighted by atomic mass is 10.3. The number of thiophene rings is 1. The maximum atomic E-state index is 12.1. The van der Waals surface area contributed by atoms with Crippen LogP contribution in [-0.2, 0) is 11.3 Å². The number of benzene rings is 1. The molecule has 0 aliphatic heterocycles. The van der Waals surface area contributed by atoms with Crippen molar-refractivity contribution in [2.75, 3.05) is 25.5 Å². The summed E-state index contributed by atoms with van der Waals surface area (Å²) >= 11 is 1.68. The second-order valence-corrected chi connectivity index (χ2v) is 5.55. The predicted octanol–water partition coefficient (Wildman–Crippen LogP) is 2.84. The number of hydrogen-bond donors (Lipinski definition) is 0. The average Bonchev–Trinajstić information content (AvgIpc) is 2.92. The Morgan fingerprint density at radius 2 is 1.84 bits per heavy atom. The molecule has 0 aliphatic rings. The summed E-state index contributed by atoms with van der Waals surface area (Å²) in [5.41, 5.74) is 1.06. The second kappa shape index (κ2) is 6.38. The molecule has 0 radical (unpaired) electrons. The van der Waals surface area contributed by atoms with Crippen LogP contribution in [0.1, 0.15) is 4.88 Å². The van der Waals surface area contributed by atoms with E-state index in [1.807, 2.05) is 60.8 Å². The highest BCUT2D eigenvalue weighted by atomic mass is 32.1. The minimum Gasteiger partial charge on any atom is -0.365 e. The van der Waals surface area contributed by atoms with Crippen LogP contribution in [0.5, 0.6) is 0 Å². The normalized spacial score (nSPS) is 10.2. The maximum Gasteiger partial charge on any atom is 0.242 e. The molecule has 0 saturated heterocycles. The predicted molar refractivity (Wildman–Crippen MR) is 80.5 cm³/mol. The number of anilines is 1. The number of amides is 1. The van der Waals surface area contributed by atoms with E-state index in [0.717, 1.165) is 5.69 Å². The Balaban J connectivity index is 1.90. The first kappa shape index (κ1) is 13.6. The van der Waals surface area contributed by atoms with E-state index in [0.29, 0.717) is 13.1 Å². The molecule has 0 unspecified atom stereocenters. The minimum absolute atomic E-state index is 0.125. The van der Waals surface area contributed by atoms with Crippen LogP contribution < -0.4 is 4.90 Å². The number of nitrogens with zero attached hydrogens (tertiary/aromatic N) is 2. The molecule has 4 heteroatoms. The lowest BCUT2D eigenvalue weighted by Gasteiger charge is -2.23. The van der Waals surface area contributed by atoms with Crippen molar-refractivity contribution in [2.45, 2.75) is 6.54 Å². The molecule has 19 heavy (non-hydrogen) atoms. The smallest absolute Gasteiger partial charge is 0.242 e. The molecule has 0 atom stereocenters. The summed E-state index contributed by atoms with van der Waals surface area (Å²) < 4.78 is 0. The van der Waals surface area contributed by atoms with E-state index in [2.05, 4.69) is 6.07 Å². The molecule has 1 aromatic heterocycles. The highest BCUT2D eigenvalue weighted by Crippen LogP contribution is 2.13. The van der Waals surface area contributed by atoms with E-state index in [9.17, 15) is 4.79 Å². The van der Waals surface area contributed by atoms with Crippen molar-refractivity contribution in [3.63, 3.8) is 0 Å². The van der Waals surface area contributed by atoms with Gasteiger partial charge in [-0.15, -0.1) is 11.3 Å². The Bertz CT molecular complexity index is 510. The number of carbonyl (C=O) groups excluding carboxylic acids is 1. The van der Waals surface area contributed by atoms with Gasteiger partial charge in [-0.3, -0.25) is 4.79 Å². The first-order valence-electron chi connectivity index (χ1n) is 6.19. The van der Waals surface area contributed by atoms with Crippen molar-refractivity contribution in [1.82, 2.24) is 4.90 Å². The summed E-state index contributed by atoms with van der Waals surface area (Å²) in [6.45, 7) is 1.07. The van der Waals surface area contributed by atoms with Gasteiger partial charge in [0.25, 0.3) is 0 Å². The number of para-hydroxylation sites is 1. The summed E-state index contributed by atoms with van der Waals surface area (Å²) in [4.78, 5) is 17.1. The second-order valence-electron chi connectivity index (χ2n) is 4.52. The van der Waals surface area contributed by atoms with Gasteiger partial charge in [-0.05, 0) is 23.6 Å². The Morgan fingerprint density at radius 1 is 1.11 bits per heavy atom. The quantitative estimate of drug-likeness (QED) is 0.837. The van der Waals surface area contributed by atoms with Gasteiger partial charge in [0.1, 0.15) is 0 Å². The van der Waals surface area contributed by atoms with Gasteiger partial charge in [0.2, 0.25) is 5.91 Å². The van der Waals surface area contributed by atoms with Crippen LogP contribution in [0.25, 0.3) is 0 Å². The van der Waals surface area contributed by atoms with Gasteiger partial charge in [0.05, 0.1) is 13.1 Å². The van der Waals surface area contributed by atoms with Crippen LogP contribution in [-0.4, -0.2) is 31.4 Å². The molecule has 0 fully saturated rings. The minimum atomic E-state index is 0.125. The zero-order valence-electron chi connectivity index (χ0n) is 11.2. The third kappa shape index (κ3) is 3.83. The summed E-state index contributed by atoms with van der Waals surface area (Å²) in [6, 6.07) is 14.0. The third-order valence-corrected chi connectivity index (χ3v) is 3.83. The maximum absolute atomic E-state index is 12.1. The summed E-state index contributed by atoms with van der Waals surface area (Å²) in [7, 11) is 3.78. The molecule has 0 bridgehead atoms. The molecular weight excluding hydrogens is 256 g/mol. The Kier molecular flexibility index (Phi) is 4.58. The molecule has 2 aromatic rings. The molecule has 1 amide bonds. The van der Waals surface area contributed by atoms with Crippen LogP contribution >= 0.6 is 11.3 Å². The fourth-order valence-corrected chi connectivity index (χ4v) is 2.58. The lowest BCUT2D eigenvalue weighted by molar-refractivity contribution is -0.128. The van der Waals surface area contributed by atoms with Crippen LogP contribution in [0, 0.1) is 0 Å². The van der Waals surface area contributed by atoms with Crippen LogP contribution in [0.3, 0.4) is 0 Å². The van der Waals surface area contributed by atoms with E-state index in [1.54, 1.807) is 16.2 Å². The number of carbonyl (C=O) groups is 1. The SMILES string of the molecule is CN(Cc1cccs1)C(=O)CN(C)c1ccccc1. The number of rotatable bonds is 5. The standard InChI is InChI=1S/C15H18N2OS/c1-16(13-7-4-3-5-8-13)12-15(18)17(2)11-14-9-6-10-19-14/h3-10H,11-12H2,1-2H3. The number of likely N-dealkylation sites (N-methyl/N-ethyl adjacent to an activating group) is 2. The number of hydrogen-bond acceptors (Lipinski definition) is 3. The van der Waals surface area contributed by atoms with Crippen molar-refractivity contribution in [1.29, 1.82) is 0 Å². The zero-order chi connectivity index (χ0) is 13.7. The van der Waals surface area contributed by atoms with E-state index in [-0.39, 0.29) is 5.91 Å². The molecule has 0 N–H and O–H groups in total. The van der Waals surface area contributed by atoms with E-state index in [1.165, 1.54) is 4.88 Å². The largest absolute Gasteiger partial charge is 0.365 e. The summed E-state index contributed by atoms with van der Waals surface area (Å²) in [5.74, 6) is 0.125.